The third-order valence-electron chi connectivity index (χ3n) is 13.4. The second-order valence-electron chi connectivity index (χ2n) is 20.1. The van der Waals surface area contributed by atoms with Gasteiger partial charge in [-0.15, -0.1) is 0 Å². The molecular formula is C61H113NO5. The van der Waals surface area contributed by atoms with Gasteiger partial charge < -0.3 is 20.3 Å². The van der Waals surface area contributed by atoms with Crippen LogP contribution in [0.2, 0.25) is 0 Å². The Balaban J connectivity index is 4.57. The Morgan fingerprint density at radius 1 is 0.448 bits per heavy atom. The smallest absolute Gasteiger partial charge is 0.306 e. The van der Waals surface area contributed by atoms with Crippen LogP contribution in [-0.2, 0) is 14.3 Å². The lowest BCUT2D eigenvalue weighted by molar-refractivity contribution is -0.151. The molecule has 0 bridgehead atoms. The van der Waals surface area contributed by atoms with Crippen molar-refractivity contribution >= 4 is 11.9 Å². The highest BCUT2D eigenvalue weighted by Crippen LogP contribution is 2.18. The van der Waals surface area contributed by atoms with Crippen LogP contribution >= 0.6 is 0 Å². The van der Waals surface area contributed by atoms with Crippen LogP contribution in [-0.4, -0.2) is 46.9 Å². The second-order valence-corrected chi connectivity index (χ2v) is 20.1. The molecule has 6 heteroatoms. The van der Waals surface area contributed by atoms with E-state index in [4.69, 9.17) is 4.74 Å². The summed E-state index contributed by atoms with van der Waals surface area (Å²) in [5.74, 6) is -0.484. The van der Waals surface area contributed by atoms with Gasteiger partial charge >= 0.3 is 5.97 Å². The Morgan fingerprint density at radius 2 is 0.806 bits per heavy atom. The Morgan fingerprint density at radius 3 is 1.25 bits per heavy atom. The molecule has 0 fully saturated rings. The maximum Gasteiger partial charge on any atom is 0.306 e. The van der Waals surface area contributed by atoms with Gasteiger partial charge in [0.15, 0.2) is 0 Å². The molecule has 392 valence electrons. The van der Waals surface area contributed by atoms with Gasteiger partial charge in [0.2, 0.25) is 5.91 Å². The van der Waals surface area contributed by atoms with Crippen molar-refractivity contribution in [2.45, 2.75) is 322 Å². The Labute approximate surface area is 416 Å². The largest absolute Gasteiger partial charge is 0.462 e. The number of unbranched alkanes of at least 4 members (excludes halogenated alkanes) is 34. The molecule has 3 N–H and O–H groups in total. The van der Waals surface area contributed by atoms with Gasteiger partial charge in [0.25, 0.3) is 0 Å². The van der Waals surface area contributed by atoms with Gasteiger partial charge in [-0.25, -0.2) is 0 Å². The van der Waals surface area contributed by atoms with E-state index in [1.165, 1.54) is 180 Å². The van der Waals surface area contributed by atoms with Gasteiger partial charge in [0.1, 0.15) is 6.10 Å². The maximum absolute atomic E-state index is 13.3. The molecule has 0 aliphatic rings. The summed E-state index contributed by atoms with van der Waals surface area (Å²) in [5, 5.41) is 23.9. The first-order valence-electron chi connectivity index (χ1n) is 29.4. The summed E-state index contributed by atoms with van der Waals surface area (Å²) < 4.78 is 5.96. The third-order valence-corrected chi connectivity index (χ3v) is 13.4. The highest BCUT2D eigenvalue weighted by Gasteiger charge is 2.24. The zero-order chi connectivity index (χ0) is 48.8. The molecule has 1 amide bonds. The predicted octanol–water partition coefficient (Wildman–Crippen LogP) is 18.2. The highest BCUT2D eigenvalue weighted by molar-refractivity contribution is 5.77. The van der Waals surface area contributed by atoms with Crippen LogP contribution in [0.5, 0.6) is 0 Å². The first-order chi connectivity index (χ1) is 33.0. The van der Waals surface area contributed by atoms with E-state index in [2.05, 4.69) is 74.7 Å². The third kappa shape index (κ3) is 50.0. The topological polar surface area (TPSA) is 95.9 Å². The van der Waals surface area contributed by atoms with Crippen molar-refractivity contribution < 1.29 is 24.5 Å². The molecule has 3 unspecified atom stereocenters. The first-order valence-corrected chi connectivity index (χ1v) is 29.4. The quantitative estimate of drug-likeness (QED) is 0.0244. The number of amides is 1. The van der Waals surface area contributed by atoms with E-state index in [9.17, 15) is 19.8 Å². The fourth-order valence-corrected chi connectivity index (χ4v) is 8.92. The number of carbonyl (C=O) groups excluding carboxylic acids is 2. The summed E-state index contributed by atoms with van der Waals surface area (Å²) in [6.45, 7) is 6.46. The zero-order valence-corrected chi connectivity index (χ0v) is 44.8. The fourth-order valence-electron chi connectivity index (χ4n) is 8.92. The molecule has 0 aliphatic heterocycles. The average molecular weight is 941 g/mol. The minimum Gasteiger partial charge on any atom is -0.462 e. The van der Waals surface area contributed by atoms with E-state index in [-0.39, 0.29) is 24.9 Å². The lowest BCUT2D eigenvalue weighted by atomic mass is 10.0. The number of carbonyl (C=O) groups is 2. The number of nitrogens with one attached hydrogen (secondary N) is 1. The lowest BCUT2D eigenvalue weighted by Gasteiger charge is -2.24. The molecule has 6 nitrogen and oxygen atoms in total. The van der Waals surface area contributed by atoms with E-state index in [0.717, 1.165) is 77.0 Å². The maximum atomic E-state index is 13.3. The van der Waals surface area contributed by atoms with Crippen LogP contribution in [0.3, 0.4) is 0 Å². The Bertz CT molecular complexity index is 1150. The van der Waals surface area contributed by atoms with Crippen molar-refractivity contribution in [3.05, 3.63) is 48.6 Å². The molecule has 0 heterocycles. The van der Waals surface area contributed by atoms with Crippen LogP contribution in [0.15, 0.2) is 48.6 Å². The van der Waals surface area contributed by atoms with Gasteiger partial charge in [-0.1, -0.05) is 256 Å². The van der Waals surface area contributed by atoms with E-state index in [1.54, 1.807) is 0 Å². The SMILES string of the molecule is CCCCC/C=C\C/C=C\CCCCCCCCCC(CC(=O)NC(CO)C(O)CCCCCCCCCCCCCCCCCC)OC(=O)CCCCCCCC/C=C/C=C/CCCCC. The number of allylic oxidation sites excluding steroid dienone is 8. The van der Waals surface area contributed by atoms with Gasteiger partial charge in [-0.05, 0) is 83.5 Å². The van der Waals surface area contributed by atoms with Gasteiger partial charge in [0, 0.05) is 6.42 Å². The molecule has 0 aromatic rings. The minimum atomic E-state index is -0.793. The molecule has 0 spiro atoms. The normalized spacial score (nSPS) is 13.4. The molecule has 0 saturated carbocycles. The number of aliphatic hydroxyl groups is 2. The number of rotatable bonds is 53. The van der Waals surface area contributed by atoms with E-state index in [0.29, 0.717) is 19.3 Å². The molecule has 0 rings (SSSR count). The van der Waals surface area contributed by atoms with Crippen LogP contribution < -0.4 is 5.32 Å². The predicted molar refractivity (Wildman–Crippen MR) is 292 cm³/mol. The Hall–Kier alpha value is -2.18. The minimum absolute atomic E-state index is 0.0687. The molecule has 0 aromatic heterocycles. The zero-order valence-electron chi connectivity index (χ0n) is 44.8. The van der Waals surface area contributed by atoms with Crippen molar-refractivity contribution in [1.82, 2.24) is 5.32 Å². The first kappa shape index (κ1) is 64.8. The van der Waals surface area contributed by atoms with E-state index >= 15 is 0 Å². The summed E-state index contributed by atoms with van der Waals surface area (Å²) in [6.07, 6.45) is 67.4. The van der Waals surface area contributed by atoms with Crippen LogP contribution in [0, 0.1) is 0 Å². The lowest BCUT2D eigenvalue weighted by Crippen LogP contribution is -2.46. The van der Waals surface area contributed by atoms with Crippen LogP contribution in [0.4, 0.5) is 0 Å². The van der Waals surface area contributed by atoms with Gasteiger partial charge in [-0.3, -0.25) is 9.59 Å². The van der Waals surface area contributed by atoms with Crippen molar-refractivity contribution in [2.24, 2.45) is 0 Å². The average Bonchev–Trinajstić information content (AvgIpc) is 3.32. The highest BCUT2D eigenvalue weighted by atomic mass is 16.5. The number of hydrogen-bond acceptors (Lipinski definition) is 5. The Kier molecular flexibility index (Phi) is 53.0. The molecule has 0 aliphatic carbocycles. The number of esters is 1. The van der Waals surface area contributed by atoms with Crippen molar-refractivity contribution in [1.29, 1.82) is 0 Å². The molecular weight excluding hydrogens is 827 g/mol. The van der Waals surface area contributed by atoms with Crippen molar-refractivity contribution in [2.75, 3.05) is 6.61 Å². The molecule has 0 saturated heterocycles. The number of hydrogen-bond donors (Lipinski definition) is 3. The van der Waals surface area contributed by atoms with Crippen molar-refractivity contribution in [3.8, 4) is 0 Å². The summed E-state index contributed by atoms with van der Waals surface area (Å²) in [6, 6.07) is -0.707. The van der Waals surface area contributed by atoms with E-state index in [1.807, 2.05) is 0 Å². The summed E-state index contributed by atoms with van der Waals surface area (Å²) >= 11 is 0. The summed E-state index contributed by atoms with van der Waals surface area (Å²) in [4.78, 5) is 26.3. The molecule has 3 atom stereocenters. The van der Waals surface area contributed by atoms with Gasteiger partial charge in [-0.2, -0.15) is 0 Å². The molecule has 0 aromatic carbocycles. The molecule has 67 heavy (non-hydrogen) atoms. The number of aliphatic hydroxyl groups excluding tert-OH is 2. The summed E-state index contributed by atoms with van der Waals surface area (Å²) in [7, 11) is 0. The standard InChI is InChI=1S/C61H113NO5/c1-4-7-10-13-16-19-22-25-28-30-32-34-37-40-43-46-49-52-57(67-61(66)54-51-48-45-42-39-36-31-27-24-21-18-15-12-9-6-3)55-60(65)62-58(56-63)59(64)53-50-47-44-41-38-35-33-29-26-23-20-17-14-11-8-5-2/h16,18-19,21,24-25,27-28,57-59,63-64H,4-15,17,20,22-23,26,29-56H2,1-3H3,(H,62,65)/b19-16-,21-18+,27-24+,28-25-. The van der Waals surface area contributed by atoms with E-state index < -0.39 is 18.2 Å². The fraction of sp³-hybridized carbons (Fsp3) is 0.836. The second kappa shape index (κ2) is 54.8. The van der Waals surface area contributed by atoms with Gasteiger partial charge in [0.05, 0.1) is 25.2 Å². The van der Waals surface area contributed by atoms with Crippen LogP contribution in [0.1, 0.15) is 303 Å². The monoisotopic (exact) mass is 940 g/mol. The molecule has 0 radical (unpaired) electrons. The number of ether oxygens (including phenoxy) is 1. The summed E-state index contributed by atoms with van der Waals surface area (Å²) in [5.41, 5.74) is 0. The van der Waals surface area contributed by atoms with Crippen molar-refractivity contribution in [3.63, 3.8) is 0 Å². The van der Waals surface area contributed by atoms with Crippen LogP contribution in [0.25, 0.3) is 0 Å².